The zero-order valence-electron chi connectivity index (χ0n) is 11.0. The lowest BCUT2D eigenvalue weighted by Gasteiger charge is -2.39. The van der Waals surface area contributed by atoms with E-state index >= 15 is 0 Å². The van der Waals surface area contributed by atoms with Crippen molar-refractivity contribution in [3.05, 3.63) is 35.9 Å². The molecule has 0 aliphatic carbocycles. The maximum absolute atomic E-state index is 9.04. The van der Waals surface area contributed by atoms with Gasteiger partial charge in [-0.05, 0) is 31.4 Å². The molecule has 0 radical (unpaired) electrons. The Balaban J connectivity index is 1.99. The highest BCUT2D eigenvalue weighted by atomic mass is 16.3. The second kappa shape index (κ2) is 6.88. The molecule has 1 aliphatic rings. The Morgan fingerprint density at radius 2 is 2.06 bits per heavy atom. The highest BCUT2D eigenvalue weighted by Gasteiger charge is 2.27. The Morgan fingerprint density at radius 1 is 1.28 bits per heavy atom. The van der Waals surface area contributed by atoms with E-state index in [1.807, 2.05) is 0 Å². The number of aliphatic hydroxyl groups excluding tert-OH is 1. The van der Waals surface area contributed by atoms with E-state index in [-0.39, 0.29) is 12.6 Å². The van der Waals surface area contributed by atoms with E-state index in [0.717, 1.165) is 19.5 Å². The van der Waals surface area contributed by atoms with Crippen LogP contribution in [0.5, 0.6) is 0 Å². The van der Waals surface area contributed by atoms with Crippen molar-refractivity contribution in [2.75, 3.05) is 13.2 Å². The first-order chi connectivity index (χ1) is 8.81. The molecule has 0 unspecified atom stereocenters. The third kappa shape index (κ3) is 3.55. The molecule has 0 bridgehead atoms. The highest BCUT2D eigenvalue weighted by molar-refractivity contribution is 5.14. The van der Waals surface area contributed by atoms with Crippen molar-refractivity contribution >= 4 is 0 Å². The molecule has 3 N–H and O–H groups in total. The van der Waals surface area contributed by atoms with Crippen LogP contribution in [0.1, 0.15) is 31.2 Å². The number of likely N-dealkylation sites (tertiary alicyclic amines) is 1. The number of hydrogen-bond acceptors (Lipinski definition) is 3. The maximum atomic E-state index is 9.04. The van der Waals surface area contributed by atoms with Crippen molar-refractivity contribution in [1.82, 2.24) is 4.90 Å². The topological polar surface area (TPSA) is 49.5 Å². The summed E-state index contributed by atoms with van der Waals surface area (Å²) in [7, 11) is 0. The number of hydrogen-bond donors (Lipinski definition) is 2. The predicted octanol–water partition coefficient (Wildman–Crippen LogP) is 1.75. The van der Waals surface area contributed by atoms with Gasteiger partial charge in [-0.3, -0.25) is 4.90 Å². The summed E-state index contributed by atoms with van der Waals surface area (Å²) < 4.78 is 0. The summed E-state index contributed by atoms with van der Waals surface area (Å²) in [4.78, 5) is 2.49. The molecule has 0 amide bonds. The molecule has 3 nitrogen and oxygen atoms in total. The Kier molecular flexibility index (Phi) is 5.17. The quantitative estimate of drug-likeness (QED) is 0.834. The number of rotatable bonds is 5. The molecule has 1 fully saturated rings. The van der Waals surface area contributed by atoms with Gasteiger partial charge in [-0.1, -0.05) is 36.8 Å². The van der Waals surface area contributed by atoms with Gasteiger partial charge in [-0.2, -0.15) is 0 Å². The van der Waals surface area contributed by atoms with E-state index in [2.05, 4.69) is 35.2 Å². The Labute approximate surface area is 110 Å². The summed E-state index contributed by atoms with van der Waals surface area (Å²) in [6.45, 7) is 2.29. The molecule has 2 atom stereocenters. The number of nitrogens with zero attached hydrogens (tertiary/aromatic N) is 1. The summed E-state index contributed by atoms with van der Waals surface area (Å²) in [6.07, 6.45) is 4.38. The molecule has 0 spiro atoms. The first-order valence-corrected chi connectivity index (χ1v) is 6.95. The molecule has 2 rings (SSSR count). The third-order valence-corrected chi connectivity index (χ3v) is 3.85. The SMILES string of the molecule is N[C@@H](CCO)[C@H]1CCCCN1Cc1ccccc1. The van der Waals surface area contributed by atoms with Gasteiger partial charge < -0.3 is 10.8 Å². The number of benzene rings is 1. The van der Waals surface area contributed by atoms with Crippen LogP contribution >= 0.6 is 0 Å². The average molecular weight is 248 g/mol. The highest BCUT2D eigenvalue weighted by Crippen LogP contribution is 2.22. The van der Waals surface area contributed by atoms with E-state index in [1.165, 1.54) is 18.4 Å². The first kappa shape index (κ1) is 13.5. The van der Waals surface area contributed by atoms with Gasteiger partial charge >= 0.3 is 0 Å². The lowest BCUT2D eigenvalue weighted by molar-refractivity contribution is 0.108. The van der Waals surface area contributed by atoms with E-state index in [9.17, 15) is 0 Å². The van der Waals surface area contributed by atoms with Crippen LogP contribution < -0.4 is 5.73 Å². The van der Waals surface area contributed by atoms with Crippen molar-refractivity contribution < 1.29 is 5.11 Å². The van der Waals surface area contributed by atoms with E-state index < -0.39 is 0 Å². The Bertz CT molecular complexity index is 342. The second-order valence-corrected chi connectivity index (χ2v) is 5.20. The molecule has 1 aliphatic heterocycles. The van der Waals surface area contributed by atoms with Gasteiger partial charge in [0.2, 0.25) is 0 Å². The van der Waals surface area contributed by atoms with Gasteiger partial charge in [-0.15, -0.1) is 0 Å². The Morgan fingerprint density at radius 3 is 2.78 bits per heavy atom. The lowest BCUT2D eigenvalue weighted by Crippen LogP contribution is -2.50. The van der Waals surface area contributed by atoms with Crippen molar-refractivity contribution in [3.63, 3.8) is 0 Å². The van der Waals surface area contributed by atoms with E-state index in [4.69, 9.17) is 10.8 Å². The van der Waals surface area contributed by atoms with Crippen molar-refractivity contribution in [2.24, 2.45) is 5.73 Å². The lowest BCUT2D eigenvalue weighted by atomic mass is 9.94. The van der Waals surface area contributed by atoms with Crippen LogP contribution in [0.2, 0.25) is 0 Å². The van der Waals surface area contributed by atoms with Crippen molar-refractivity contribution in [3.8, 4) is 0 Å². The molecule has 1 saturated heterocycles. The van der Waals surface area contributed by atoms with Gasteiger partial charge in [0.05, 0.1) is 0 Å². The summed E-state index contributed by atoms with van der Waals surface area (Å²) in [6, 6.07) is 11.1. The van der Waals surface area contributed by atoms with Crippen LogP contribution in [0, 0.1) is 0 Å². The largest absolute Gasteiger partial charge is 0.396 e. The molecule has 18 heavy (non-hydrogen) atoms. The molecular formula is C15H24N2O. The molecular weight excluding hydrogens is 224 g/mol. The zero-order valence-corrected chi connectivity index (χ0v) is 11.0. The van der Waals surface area contributed by atoms with E-state index in [1.54, 1.807) is 0 Å². The standard InChI is InChI=1S/C15H24N2O/c16-14(9-11-18)15-8-4-5-10-17(15)12-13-6-2-1-3-7-13/h1-3,6-7,14-15,18H,4-5,8-12,16H2/t14-,15+/m0/s1. The molecule has 1 aromatic rings. The molecule has 100 valence electrons. The molecule has 0 saturated carbocycles. The maximum Gasteiger partial charge on any atom is 0.0446 e. The summed E-state index contributed by atoms with van der Waals surface area (Å²) in [5, 5.41) is 9.04. The molecule has 1 aromatic carbocycles. The zero-order chi connectivity index (χ0) is 12.8. The van der Waals surface area contributed by atoms with E-state index in [0.29, 0.717) is 12.5 Å². The van der Waals surface area contributed by atoms with Gasteiger partial charge in [0, 0.05) is 25.2 Å². The summed E-state index contributed by atoms with van der Waals surface area (Å²) in [5.74, 6) is 0. The van der Waals surface area contributed by atoms with Gasteiger partial charge in [0.25, 0.3) is 0 Å². The summed E-state index contributed by atoms with van der Waals surface area (Å²) in [5.41, 5.74) is 7.55. The van der Waals surface area contributed by atoms with Crippen LogP contribution in [0.25, 0.3) is 0 Å². The van der Waals surface area contributed by atoms with Crippen LogP contribution in [-0.4, -0.2) is 35.2 Å². The first-order valence-electron chi connectivity index (χ1n) is 6.95. The fourth-order valence-electron chi connectivity index (χ4n) is 2.86. The molecule has 0 aromatic heterocycles. The predicted molar refractivity (Wildman–Crippen MR) is 74.2 cm³/mol. The van der Waals surface area contributed by atoms with Gasteiger partial charge in [0.1, 0.15) is 0 Å². The van der Waals surface area contributed by atoms with Gasteiger partial charge in [0.15, 0.2) is 0 Å². The fraction of sp³-hybridized carbons (Fsp3) is 0.600. The van der Waals surface area contributed by atoms with Crippen LogP contribution in [0.4, 0.5) is 0 Å². The minimum absolute atomic E-state index is 0.0963. The molecule has 3 heteroatoms. The number of aliphatic hydroxyl groups is 1. The smallest absolute Gasteiger partial charge is 0.0446 e. The summed E-state index contributed by atoms with van der Waals surface area (Å²) >= 11 is 0. The second-order valence-electron chi connectivity index (χ2n) is 5.20. The van der Waals surface area contributed by atoms with Crippen LogP contribution in [0.15, 0.2) is 30.3 Å². The average Bonchev–Trinajstić information content (AvgIpc) is 2.41. The minimum atomic E-state index is 0.0963. The Hall–Kier alpha value is -0.900. The van der Waals surface area contributed by atoms with Gasteiger partial charge in [-0.25, -0.2) is 0 Å². The fourth-order valence-corrected chi connectivity index (χ4v) is 2.86. The number of piperidine rings is 1. The van der Waals surface area contributed by atoms with Crippen LogP contribution in [0.3, 0.4) is 0 Å². The monoisotopic (exact) mass is 248 g/mol. The molecule has 1 heterocycles. The number of nitrogens with two attached hydrogens (primary N) is 1. The normalized spacial score (nSPS) is 22.9. The van der Waals surface area contributed by atoms with Crippen molar-refractivity contribution in [1.29, 1.82) is 0 Å². The third-order valence-electron chi connectivity index (χ3n) is 3.85. The van der Waals surface area contributed by atoms with Crippen LogP contribution in [-0.2, 0) is 6.54 Å². The van der Waals surface area contributed by atoms with Crippen molar-refractivity contribution in [2.45, 2.75) is 44.3 Å². The minimum Gasteiger partial charge on any atom is -0.396 e.